The van der Waals surface area contributed by atoms with E-state index in [1.807, 2.05) is 13.0 Å². The summed E-state index contributed by atoms with van der Waals surface area (Å²) in [6, 6.07) is 40.7. The second kappa shape index (κ2) is 8.34. The molecule has 0 bridgehead atoms. The van der Waals surface area contributed by atoms with Gasteiger partial charge in [0.1, 0.15) is 0 Å². The maximum absolute atomic E-state index is 6.48. The molecule has 0 saturated heterocycles. The lowest BCUT2D eigenvalue weighted by atomic mass is 9.90. The second-order valence-electron chi connectivity index (χ2n) is 9.05. The Labute approximate surface area is 205 Å². The van der Waals surface area contributed by atoms with Crippen LogP contribution in [0.4, 0.5) is 5.69 Å². The van der Waals surface area contributed by atoms with Crippen molar-refractivity contribution in [3.8, 4) is 27.9 Å². The molecule has 35 heavy (non-hydrogen) atoms. The topological polar surface area (TPSA) is 30.9 Å². The third kappa shape index (κ3) is 3.51. The number of fused-ring (bicyclic) bond motifs is 3. The highest BCUT2D eigenvalue weighted by Gasteiger charge is 2.16. The number of aromatic nitrogens is 1. The molecular weight excluding hydrogens is 424 g/mol. The minimum Gasteiger partial charge on any atom is -0.398 e. The van der Waals surface area contributed by atoms with Crippen LogP contribution in [0, 0.1) is 0 Å². The number of rotatable bonds is 4. The Morgan fingerprint density at radius 1 is 0.629 bits per heavy atom. The third-order valence-electron chi connectivity index (χ3n) is 6.73. The van der Waals surface area contributed by atoms with Crippen LogP contribution in [-0.2, 0) is 0 Å². The lowest BCUT2D eigenvalue weighted by Gasteiger charge is -2.16. The van der Waals surface area contributed by atoms with Crippen molar-refractivity contribution in [1.82, 2.24) is 4.57 Å². The van der Waals surface area contributed by atoms with Crippen molar-refractivity contribution in [3.63, 3.8) is 0 Å². The van der Waals surface area contributed by atoms with Gasteiger partial charge in [-0.25, -0.2) is 0 Å². The van der Waals surface area contributed by atoms with Crippen molar-refractivity contribution in [2.45, 2.75) is 6.92 Å². The molecule has 1 aromatic heterocycles. The summed E-state index contributed by atoms with van der Waals surface area (Å²) in [4.78, 5) is 0. The highest BCUT2D eigenvalue weighted by molar-refractivity contribution is 6.11. The molecular formula is C33H26N2. The number of nitrogen functional groups attached to an aromatic ring is 1. The highest BCUT2D eigenvalue weighted by Crippen LogP contribution is 2.40. The molecule has 0 aliphatic carbocycles. The molecule has 0 fully saturated rings. The third-order valence-corrected chi connectivity index (χ3v) is 6.73. The number of para-hydroxylation sites is 2. The fourth-order valence-corrected chi connectivity index (χ4v) is 5.08. The van der Waals surface area contributed by atoms with Gasteiger partial charge in [-0.05, 0) is 77.2 Å². The average molecular weight is 451 g/mol. The quantitative estimate of drug-likeness (QED) is 0.267. The molecule has 2 nitrogen and oxygen atoms in total. The van der Waals surface area contributed by atoms with Crippen LogP contribution in [0.5, 0.6) is 0 Å². The smallest absolute Gasteiger partial charge is 0.0541 e. The molecule has 0 atom stereocenters. The van der Waals surface area contributed by atoms with E-state index in [0.717, 1.165) is 44.8 Å². The Morgan fingerprint density at radius 2 is 1.26 bits per heavy atom. The Bertz CT molecular complexity index is 1710. The Balaban J connectivity index is 1.65. The molecule has 0 aliphatic heterocycles. The highest BCUT2D eigenvalue weighted by atomic mass is 15.0. The Morgan fingerprint density at radius 3 is 2.00 bits per heavy atom. The Hall–Kier alpha value is -4.56. The zero-order chi connectivity index (χ0) is 23.9. The first-order valence-corrected chi connectivity index (χ1v) is 11.9. The minimum absolute atomic E-state index is 0.752. The van der Waals surface area contributed by atoms with Crippen molar-refractivity contribution in [3.05, 3.63) is 127 Å². The first kappa shape index (κ1) is 21.0. The molecule has 0 spiro atoms. The SMILES string of the molecule is C=C(C)c1cc(-c2ccc3c(c2)c2ccccc2n3-c2ccccc2)c(-c2ccccc2)cc1N. The zero-order valence-corrected chi connectivity index (χ0v) is 19.7. The fraction of sp³-hybridized carbons (Fsp3) is 0.0303. The van der Waals surface area contributed by atoms with Gasteiger partial charge in [-0.1, -0.05) is 79.4 Å². The van der Waals surface area contributed by atoms with Gasteiger partial charge in [-0.2, -0.15) is 0 Å². The van der Waals surface area contributed by atoms with Crippen LogP contribution in [-0.4, -0.2) is 4.57 Å². The second-order valence-corrected chi connectivity index (χ2v) is 9.05. The molecule has 2 heteroatoms. The molecule has 0 saturated carbocycles. The van der Waals surface area contributed by atoms with Crippen LogP contribution in [0.2, 0.25) is 0 Å². The summed E-state index contributed by atoms with van der Waals surface area (Å²) in [6.45, 7) is 6.18. The molecule has 2 N–H and O–H groups in total. The van der Waals surface area contributed by atoms with Crippen molar-refractivity contribution in [2.24, 2.45) is 0 Å². The van der Waals surface area contributed by atoms with Crippen LogP contribution in [0.15, 0.2) is 122 Å². The maximum atomic E-state index is 6.48. The number of benzene rings is 5. The number of nitrogens with zero attached hydrogens (tertiary/aromatic N) is 1. The number of nitrogens with two attached hydrogens (primary N) is 1. The molecule has 0 radical (unpaired) electrons. The fourth-order valence-electron chi connectivity index (χ4n) is 5.08. The van der Waals surface area contributed by atoms with Gasteiger partial charge in [0.15, 0.2) is 0 Å². The first-order chi connectivity index (χ1) is 17.1. The van der Waals surface area contributed by atoms with E-state index < -0.39 is 0 Å². The van der Waals surface area contributed by atoms with Gasteiger partial charge in [0.25, 0.3) is 0 Å². The van der Waals surface area contributed by atoms with E-state index in [9.17, 15) is 0 Å². The number of hydrogen-bond acceptors (Lipinski definition) is 1. The summed E-state index contributed by atoms with van der Waals surface area (Å²) < 4.78 is 2.34. The van der Waals surface area contributed by atoms with E-state index in [0.29, 0.717) is 0 Å². The predicted molar refractivity (Wildman–Crippen MR) is 151 cm³/mol. The summed E-state index contributed by atoms with van der Waals surface area (Å²) in [6.07, 6.45) is 0. The largest absolute Gasteiger partial charge is 0.398 e. The first-order valence-electron chi connectivity index (χ1n) is 11.9. The van der Waals surface area contributed by atoms with E-state index in [-0.39, 0.29) is 0 Å². The summed E-state index contributed by atoms with van der Waals surface area (Å²) in [5, 5.41) is 2.47. The summed E-state index contributed by atoms with van der Waals surface area (Å²) >= 11 is 0. The van der Waals surface area contributed by atoms with E-state index in [1.165, 1.54) is 21.8 Å². The zero-order valence-electron chi connectivity index (χ0n) is 19.7. The minimum atomic E-state index is 0.752. The molecule has 6 aromatic rings. The van der Waals surface area contributed by atoms with Crippen LogP contribution < -0.4 is 5.73 Å². The summed E-state index contributed by atoms with van der Waals surface area (Å²) in [5.41, 5.74) is 17.3. The predicted octanol–water partition coefficient (Wildman–Crippen LogP) is 8.73. The lowest BCUT2D eigenvalue weighted by molar-refractivity contribution is 1.18. The maximum Gasteiger partial charge on any atom is 0.0541 e. The van der Waals surface area contributed by atoms with Gasteiger partial charge in [0, 0.05) is 27.7 Å². The molecule has 0 amide bonds. The molecule has 0 unspecified atom stereocenters. The summed E-state index contributed by atoms with van der Waals surface area (Å²) in [5.74, 6) is 0. The lowest BCUT2D eigenvalue weighted by Crippen LogP contribution is -1.96. The molecule has 1 heterocycles. The van der Waals surface area contributed by atoms with Gasteiger partial charge >= 0.3 is 0 Å². The molecule has 0 aliphatic rings. The van der Waals surface area contributed by atoms with Gasteiger partial charge in [0.05, 0.1) is 11.0 Å². The standard InChI is InChI=1S/C33H26N2/c1-22(2)27-20-28(29(21-31(27)34)23-11-5-3-6-12-23)24-17-18-33-30(19-24)26-15-9-10-16-32(26)35(33)25-13-7-4-8-14-25/h3-21H,1,34H2,2H3. The number of allylic oxidation sites excluding steroid dienone is 1. The van der Waals surface area contributed by atoms with E-state index in [1.54, 1.807) is 0 Å². The van der Waals surface area contributed by atoms with Crippen LogP contribution >= 0.6 is 0 Å². The van der Waals surface area contributed by atoms with Crippen molar-refractivity contribution >= 4 is 33.1 Å². The summed E-state index contributed by atoms with van der Waals surface area (Å²) in [7, 11) is 0. The van der Waals surface area contributed by atoms with Crippen molar-refractivity contribution in [1.29, 1.82) is 0 Å². The van der Waals surface area contributed by atoms with E-state index in [4.69, 9.17) is 5.73 Å². The molecule has 6 rings (SSSR count). The number of hydrogen-bond donors (Lipinski definition) is 1. The van der Waals surface area contributed by atoms with Gasteiger partial charge in [0.2, 0.25) is 0 Å². The average Bonchev–Trinajstić information content (AvgIpc) is 3.23. The molecule has 5 aromatic carbocycles. The van der Waals surface area contributed by atoms with Gasteiger partial charge < -0.3 is 10.3 Å². The van der Waals surface area contributed by atoms with E-state index in [2.05, 4.69) is 120 Å². The van der Waals surface area contributed by atoms with Crippen LogP contribution in [0.1, 0.15) is 12.5 Å². The van der Waals surface area contributed by atoms with Gasteiger partial charge in [-0.15, -0.1) is 0 Å². The van der Waals surface area contributed by atoms with E-state index >= 15 is 0 Å². The monoisotopic (exact) mass is 450 g/mol. The number of anilines is 1. The van der Waals surface area contributed by atoms with Crippen molar-refractivity contribution in [2.75, 3.05) is 5.73 Å². The van der Waals surface area contributed by atoms with Crippen LogP contribution in [0.3, 0.4) is 0 Å². The Kier molecular flexibility index (Phi) is 5.00. The van der Waals surface area contributed by atoms with Crippen LogP contribution in [0.25, 0.3) is 55.3 Å². The van der Waals surface area contributed by atoms with Gasteiger partial charge in [-0.3, -0.25) is 0 Å². The van der Waals surface area contributed by atoms with Crippen molar-refractivity contribution < 1.29 is 0 Å². The normalized spacial score (nSPS) is 11.2. The molecule has 168 valence electrons.